The summed E-state index contributed by atoms with van der Waals surface area (Å²) in [6, 6.07) is -0.347. The van der Waals surface area contributed by atoms with Crippen molar-refractivity contribution in [3.63, 3.8) is 0 Å². The summed E-state index contributed by atoms with van der Waals surface area (Å²) in [5.41, 5.74) is 0.694. The second kappa shape index (κ2) is 7.02. The predicted molar refractivity (Wildman–Crippen MR) is 80.7 cm³/mol. The number of carbonyl (C=O) groups excluding carboxylic acids is 1. The molecule has 22 heavy (non-hydrogen) atoms. The van der Waals surface area contributed by atoms with Crippen LogP contribution in [0.4, 0.5) is 0 Å². The highest BCUT2D eigenvalue weighted by Crippen LogP contribution is 2.15. The van der Waals surface area contributed by atoms with Gasteiger partial charge in [0, 0.05) is 24.2 Å². The molecule has 2 heterocycles. The molecule has 1 aliphatic heterocycles. The second-order valence-corrected chi connectivity index (χ2v) is 5.46. The smallest absolute Gasteiger partial charge is 0.254 e. The molecule has 2 N–H and O–H groups in total. The maximum absolute atomic E-state index is 12.5. The minimum atomic E-state index is -0.677. The van der Waals surface area contributed by atoms with Crippen LogP contribution in [0.5, 0.6) is 0 Å². The predicted octanol–water partition coefficient (Wildman–Crippen LogP) is -0.209. The minimum Gasteiger partial charge on any atom is -0.388 e. The van der Waals surface area contributed by atoms with Crippen molar-refractivity contribution in [2.24, 2.45) is 0 Å². The number of carbonyl (C=O) groups is 1. The fourth-order valence-corrected chi connectivity index (χ4v) is 2.72. The molecule has 1 aromatic rings. The zero-order chi connectivity index (χ0) is 16.3. The summed E-state index contributed by atoms with van der Waals surface area (Å²) < 4.78 is 5.21. The molecule has 2 atom stereocenters. The van der Waals surface area contributed by atoms with Gasteiger partial charge < -0.3 is 19.7 Å². The number of aliphatic hydroxyl groups excluding tert-OH is 1. The van der Waals surface area contributed by atoms with Gasteiger partial charge in [-0.25, -0.2) is 4.98 Å². The third-order valence-corrected chi connectivity index (χ3v) is 4.02. The van der Waals surface area contributed by atoms with Crippen LogP contribution < -0.4 is 5.56 Å². The first-order valence-corrected chi connectivity index (χ1v) is 7.61. The van der Waals surface area contributed by atoms with Gasteiger partial charge in [0.25, 0.3) is 5.56 Å². The lowest BCUT2D eigenvalue weighted by Crippen LogP contribution is -2.47. The Bertz CT molecular complexity index is 599. The summed E-state index contributed by atoms with van der Waals surface area (Å²) in [4.78, 5) is 33.2. The van der Waals surface area contributed by atoms with E-state index in [4.69, 9.17) is 4.74 Å². The number of aromatic amines is 1. The van der Waals surface area contributed by atoms with Crippen LogP contribution in [0.2, 0.25) is 0 Å². The van der Waals surface area contributed by atoms with Crippen LogP contribution in [0, 0.1) is 6.92 Å². The number of likely N-dealkylation sites (N-methyl/N-ethyl adjacent to an activating group) is 1. The van der Waals surface area contributed by atoms with Crippen molar-refractivity contribution < 1.29 is 14.6 Å². The fourth-order valence-electron chi connectivity index (χ4n) is 2.72. The molecule has 1 amide bonds. The van der Waals surface area contributed by atoms with E-state index in [1.165, 1.54) is 0 Å². The maximum atomic E-state index is 12.5. The lowest BCUT2D eigenvalue weighted by atomic mass is 10.1. The monoisotopic (exact) mass is 309 g/mol. The van der Waals surface area contributed by atoms with E-state index < -0.39 is 6.10 Å². The lowest BCUT2D eigenvalue weighted by Gasteiger charge is -2.28. The molecule has 1 aliphatic rings. The van der Waals surface area contributed by atoms with Gasteiger partial charge in [-0.1, -0.05) is 6.92 Å². The van der Waals surface area contributed by atoms with E-state index in [1.54, 1.807) is 11.8 Å². The SMILES string of the molecule is CCc1nc(C)c(CC(=O)N(CC)C2COCC2O)c(=O)[nH]1. The van der Waals surface area contributed by atoms with Crippen molar-refractivity contribution in [1.29, 1.82) is 0 Å². The second-order valence-electron chi connectivity index (χ2n) is 5.46. The molecule has 0 radical (unpaired) electrons. The van der Waals surface area contributed by atoms with Crippen LogP contribution >= 0.6 is 0 Å². The van der Waals surface area contributed by atoms with Crippen LogP contribution in [-0.4, -0.2) is 57.8 Å². The van der Waals surface area contributed by atoms with Gasteiger partial charge in [0.2, 0.25) is 5.91 Å². The summed E-state index contributed by atoms with van der Waals surface area (Å²) >= 11 is 0. The quantitative estimate of drug-likeness (QED) is 0.785. The Morgan fingerprint density at radius 2 is 2.18 bits per heavy atom. The first-order chi connectivity index (χ1) is 10.5. The van der Waals surface area contributed by atoms with E-state index in [0.29, 0.717) is 36.7 Å². The van der Waals surface area contributed by atoms with Gasteiger partial charge in [-0.3, -0.25) is 9.59 Å². The molecule has 7 nitrogen and oxygen atoms in total. The van der Waals surface area contributed by atoms with Crippen molar-refractivity contribution in [2.75, 3.05) is 19.8 Å². The number of hydrogen-bond donors (Lipinski definition) is 2. The van der Waals surface area contributed by atoms with Gasteiger partial charge in [-0.2, -0.15) is 0 Å². The number of amides is 1. The molecular weight excluding hydrogens is 286 g/mol. The molecule has 7 heteroatoms. The number of H-pyrrole nitrogens is 1. The fraction of sp³-hybridized carbons (Fsp3) is 0.667. The van der Waals surface area contributed by atoms with E-state index in [1.807, 2.05) is 13.8 Å². The summed E-state index contributed by atoms with van der Waals surface area (Å²) in [7, 11) is 0. The number of aliphatic hydroxyl groups is 1. The number of aryl methyl sites for hydroxylation is 2. The van der Waals surface area contributed by atoms with Crippen LogP contribution in [0.1, 0.15) is 30.9 Å². The Balaban J connectivity index is 2.19. The van der Waals surface area contributed by atoms with Gasteiger partial charge in [-0.15, -0.1) is 0 Å². The van der Waals surface area contributed by atoms with Gasteiger partial charge in [0.1, 0.15) is 5.82 Å². The minimum absolute atomic E-state index is 0.0186. The van der Waals surface area contributed by atoms with Gasteiger partial charge in [0.15, 0.2) is 0 Å². The zero-order valence-corrected chi connectivity index (χ0v) is 13.3. The highest BCUT2D eigenvalue weighted by molar-refractivity contribution is 5.79. The van der Waals surface area contributed by atoms with E-state index in [0.717, 1.165) is 0 Å². The summed E-state index contributed by atoms with van der Waals surface area (Å²) in [5, 5.41) is 9.88. The van der Waals surface area contributed by atoms with Crippen molar-refractivity contribution in [3.05, 3.63) is 27.4 Å². The third kappa shape index (κ3) is 3.36. The van der Waals surface area contributed by atoms with Crippen LogP contribution in [0.15, 0.2) is 4.79 Å². The molecule has 2 rings (SSSR count). The van der Waals surface area contributed by atoms with E-state index in [9.17, 15) is 14.7 Å². The number of aromatic nitrogens is 2. The lowest BCUT2D eigenvalue weighted by molar-refractivity contribution is -0.134. The van der Waals surface area contributed by atoms with Crippen LogP contribution in [-0.2, 0) is 22.4 Å². The number of ether oxygens (including phenoxy) is 1. The average molecular weight is 309 g/mol. The largest absolute Gasteiger partial charge is 0.388 e. The Morgan fingerprint density at radius 3 is 2.68 bits per heavy atom. The first-order valence-electron chi connectivity index (χ1n) is 7.61. The Hall–Kier alpha value is -1.73. The maximum Gasteiger partial charge on any atom is 0.254 e. The summed E-state index contributed by atoms with van der Waals surface area (Å²) in [6.07, 6.45) is -0.0597. The van der Waals surface area contributed by atoms with Crippen molar-refractivity contribution in [1.82, 2.24) is 14.9 Å². The van der Waals surface area contributed by atoms with Crippen molar-refractivity contribution in [2.45, 2.75) is 45.8 Å². The molecule has 0 bridgehead atoms. The number of rotatable bonds is 5. The molecular formula is C15H23N3O4. The van der Waals surface area contributed by atoms with Gasteiger partial charge >= 0.3 is 0 Å². The van der Waals surface area contributed by atoms with Crippen molar-refractivity contribution >= 4 is 5.91 Å². The molecule has 0 saturated carbocycles. The number of nitrogens with zero attached hydrogens (tertiary/aromatic N) is 2. The van der Waals surface area contributed by atoms with Crippen LogP contribution in [0.3, 0.4) is 0 Å². The number of nitrogens with one attached hydrogen (secondary N) is 1. The highest BCUT2D eigenvalue weighted by Gasteiger charge is 2.34. The van der Waals surface area contributed by atoms with Gasteiger partial charge in [-0.05, 0) is 13.8 Å². The molecule has 0 aliphatic carbocycles. The van der Waals surface area contributed by atoms with Crippen molar-refractivity contribution in [3.8, 4) is 0 Å². The topological polar surface area (TPSA) is 95.5 Å². The summed E-state index contributed by atoms with van der Waals surface area (Å²) in [6.45, 7) is 6.51. The zero-order valence-electron chi connectivity index (χ0n) is 13.3. The first kappa shape index (κ1) is 16.6. The average Bonchev–Trinajstić information content (AvgIpc) is 2.89. The van der Waals surface area contributed by atoms with Crippen LogP contribution in [0.25, 0.3) is 0 Å². The molecule has 1 aromatic heterocycles. The van der Waals surface area contributed by atoms with Gasteiger partial charge in [0.05, 0.1) is 31.8 Å². The molecule has 1 fully saturated rings. The summed E-state index contributed by atoms with van der Waals surface area (Å²) in [5.74, 6) is 0.419. The molecule has 0 aromatic carbocycles. The number of hydrogen-bond acceptors (Lipinski definition) is 5. The standard InChI is InChI=1S/C15H23N3O4/c1-4-13-16-9(3)10(15(21)17-13)6-14(20)18(5-2)11-7-22-8-12(11)19/h11-12,19H,4-8H2,1-3H3,(H,16,17,21). The third-order valence-electron chi connectivity index (χ3n) is 4.02. The molecule has 2 unspecified atom stereocenters. The van der Waals surface area contributed by atoms with E-state index >= 15 is 0 Å². The Morgan fingerprint density at radius 1 is 1.45 bits per heavy atom. The molecule has 0 spiro atoms. The normalized spacial score (nSPS) is 21.1. The molecule has 1 saturated heterocycles. The van der Waals surface area contributed by atoms with E-state index in [2.05, 4.69) is 9.97 Å². The molecule has 122 valence electrons. The Kier molecular flexibility index (Phi) is 5.31. The Labute approximate surface area is 129 Å². The van der Waals surface area contributed by atoms with E-state index in [-0.39, 0.29) is 30.5 Å². The highest BCUT2D eigenvalue weighted by atomic mass is 16.5.